The van der Waals surface area contributed by atoms with Crippen molar-refractivity contribution in [2.45, 2.75) is 20.3 Å². The lowest BCUT2D eigenvalue weighted by atomic mass is 10.1. The van der Waals surface area contributed by atoms with Crippen molar-refractivity contribution in [1.29, 1.82) is 5.26 Å². The number of aryl methyl sites for hydroxylation is 2. The zero-order chi connectivity index (χ0) is 15.2. The number of hydrogen-bond donors (Lipinski definition) is 1. The van der Waals surface area contributed by atoms with Crippen molar-refractivity contribution in [2.24, 2.45) is 0 Å². The van der Waals surface area contributed by atoms with Gasteiger partial charge in [0.05, 0.1) is 0 Å². The number of nitrogens with one attached hydrogen (secondary N) is 1. The molecule has 0 saturated carbocycles. The SMILES string of the molecule is CCc1ccc(/C=C(/C#N)C(=O)Nc2cc(C)on2)cc1. The number of anilines is 1. The molecular formula is C16H15N3O2. The lowest BCUT2D eigenvalue weighted by molar-refractivity contribution is -0.112. The van der Waals surface area contributed by atoms with Gasteiger partial charge < -0.3 is 9.84 Å². The lowest BCUT2D eigenvalue weighted by Crippen LogP contribution is -2.13. The monoisotopic (exact) mass is 281 g/mol. The topological polar surface area (TPSA) is 78.9 Å². The van der Waals surface area contributed by atoms with Gasteiger partial charge in [-0.2, -0.15) is 5.26 Å². The van der Waals surface area contributed by atoms with Crippen molar-refractivity contribution in [3.63, 3.8) is 0 Å². The summed E-state index contributed by atoms with van der Waals surface area (Å²) >= 11 is 0. The Morgan fingerprint density at radius 3 is 2.67 bits per heavy atom. The van der Waals surface area contributed by atoms with Crippen LogP contribution in [0.5, 0.6) is 0 Å². The molecule has 0 unspecified atom stereocenters. The molecule has 5 heteroatoms. The molecule has 2 rings (SSSR count). The number of benzene rings is 1. The van der Waals surface area contributed by atoms with Crippen LogP contribution >= 0.6 is 0 Å². The van der Waals surface area contributed by atoms with Gasteiger partial charge in [0.25, 0.3) is 5.91 Å². The largest absolute Gasteiger partial charge is 0.360 e. The first kappa shape index (κ1) is 14.5. The minimum absolute atomic E-state index is 0.0138. The van der Waals surface area contributed by atoms with Crippen molar-refractivity contribution in [2.75, 3.05) is 5.32 Å². The van der Waals surface area contributed by atoms with Crippen LogP contribution in [0.25, 0.3) is 6.08 Å². The second-order valence-corrected chi connectivity index (χ2v) is 4.54. The molecule has 1 amide bonds. The van der Waals surface area contributed by atoms with Crippen molar-refractivity contribution < 1.29 is 9.32 Å². The van der Waals surface area contributed by atoms with E-state index in [9.17, 15) is 4.79 Å². The standard InChI is InChI=1S/C16H15N3O2/c1-3-12-4-6-13(7-5-12)9-14(10-17)16(20)18-15-8-11(2)21-19-15/h4-9H,3H2,1-2H3,(H,18,19,20)/b14-9-. The highest BCUT2D eigenvalue weighted by molar-refractivity contribution is 6.09. The van der Waals surface area contributed by atoms with Gasteiger partial charge in [-0.15, -0.1) is 0 Å². The van der Waals surface area contributed by atoms with E-state index >= 15 is 0 Å². The Balaban J connectivity index is 2.15. The molecule has 5 nitrogen and oxygen atoms in total. The summed E-state index contributed by atoms with van der Waals surface area (Å²) in [5, 5.41) is 15.3. The summed E-state index contributed by atoms with van der Waals surface area (Å²) in [5.41, 5.74) is 2.02. The molecule has 0 fully saturated rings. The van der Waals surface area contributed by atoms with Crippen LogP contribution in [0.4, 0.5) is 5.82 Å². The Hall–Kier alpha value is -2.87. The van der Waals surface area contributed by atoms with Crippen molar-refractivity contribution in [3.8, 4) is 6.07 Å². The van der Waals surface area contributed by atoms with E-state index < -0.39 is 5.91 Å². The van der Waals surface area contributed by atoms with Crippen LogP contribution in [0.15, 0.2) is 40.4 Å². The Morgan fingerprint density at radius 1 is 1.43 bits per heavy atom. The van der Waals surface area contributed by atoms with Crippen LogP contribution in [0.2, 0.25) is 0 Å². The van der Waals surface area contributed by atoms with Gasteiger partial charge in [-0.3, -0.25) is 4.79 Å². The van der Waals surface area contributed by atoms with E-state index in [1.807, 2.05) is 30.3 Å². The Kier molecular flexibility index (Phi) is 4.52. The fourth-order valence-corrected chi connectivity index (χ4v) is 1.77. The van der Waals surface area contributed by atoms with Crippen LogP contribution in [-0.2, 0) is 11.2 Å². The predicted molar refractivity (Wildman–Crippen MR) is 79.3 cm³/mol. The maximum atomic E-state index is 12.0. The quantitative estimate of drug-likeness (QED) is 0.690. The first-order chi connectivity index (χ1) is 10.1. The normalized spacial score (nSPS) is 11.0. The summed E-state index contributed by atoms with van der Waals surface area (Å²) in [4.78, 5) is 12.0. The summed E-state index contributed by atoms with van der Waals surface area (Å²) in [6.07, 6.45) is 2.49. The number of rotatable bonds is 4. The summed E-state index contributed by atoms with van der Waals surface area (Å²) in [7, 11) is 0. The Bertz CT molecular complexity index is 706. The molecule has 0 aliphatic carbocycles. The molecule has 21 heavy (non-hydrogen) atoms. The molecule has 0 atom stereocenters. The minimum Gasteiger partial charge on any atom is -0.360 e. The number of carbonyl (C=O) groups excluding carboxylic acids is 1. The maximum absolute atomic E-state index is 12.0. The van der Waals surface area contributed by atoms with Crippen LogP contribution in [-0.4, -0.2) is 11.1 Å². The highest BCUT2D eigenvalue weighted by Crippen LogP contribution is 2.12. The molecular weight excluding hydrogens is 266 g/mol. The molecule has 0 spiro atoms. The summed E-state index contributed by atoms with van der Waals surface area (Å²) < 4.78 is 4.86. The number of nitriles is 1. The molecule has 1 heterocycles. The van der Waals surface area contributed by atoms with E-state index in [0.717, 1.165) is 12.0 Å². The first-order valence-electron chi connectivity index (χ1n) is 6.57. The second kappa shape index (κ2) is 6.53. The van der Waals surface area contributed by atoms with Crippen LogP contribution in [0.3, 0.4) is 0 Å². The molecule has 1 N–H and O–H groups in total. The molecule has 0 saturated heterocycles. The molecule has 1 aromatic heterocycles. The van der Waals surface area contributed by atoms with Crippen molar-refractivity contribution >= 4 is 17.8 Å². The van der Waals surface area contributed by atoms with E-state index in [1.165, 1.54) is 5.56 Å². The van der Waals surface area contributed by atoms with Gasteiger partial charge in [0.1, 0.15) is 17.4 Å². The van der Waals surface area contributed by atoms with E-state index in [4.69, 9.17) is 9.78 Å². The van der Waals surface area contributed by atoms with Crippen molar-refractivity contribution in [3.05, 3.63) is 52.8 Å². The third kappa shape index (κ3) is 3.80. The molecule has 1 aromatic carbocycles. The maximum Gasteiger partial charge on any atom is 0.267 e. The van der Waals surface area contributed by atoms with Gasteiger partial charge in [-0.05, 0) is 30.5 Å². The summed E-state index contributed by atoms with van der Waals surface area (Å²) in [6.45, 7) is 3.79. The molecule has 0 radical (unpaired) electrons. The number of aromatic nitrogens is 1. The summed E-state index contributed by atoms with van der Waals surface area (Å²) in [5.74, 6) is 0.369. The van der Waals surface area contributed by atoms with Gasteiger partial charge in [0.2, 0.25) is 0 Å². The molecule has 0 aliphatic heterocycles. The second-order valence-electron chi connectivity index (χ2n) is 4.54. The molecule has 2 aromatic rings. The predicted octanol–water partition coefficient (Wildman–Crippen LogP) is 3.09. The third-order valence-electron chi connectivity index (χ3n) is 2.93. The molecule has 0 aliphatic rings. The van der Waals surface area contributed by atoms with E-state index in [2.05, 4.69) is 17.4 Å². The summed E-state index contributed by atoms with van der Waals surface area (Å²) in [6, 6.07) is 11.2. The number of hydrogen-bond acceptors (Lipinski definition) is 4. The average molecular weight is 281 g/mol. The zero-order valence-electron chi connectivity index (χ0n) is 11.9. The zero-order valence-corrected chi connectivity index (χ0v) is 11.9. The van der Waals surface area contributed by atoms with Crippen LogP contribution < -0.4 is 5.32 Å². The molecule has 0 bridgehead atoms. The van der Waals surface area contributed by atoms with E-state index in [0.29, 0.717) is 11.6 Å². The highest BCUT2D eigenvalue weighted by Gasteiger charge is 2.11. The smallest absolute Gasteiger partial charge is 0.267 e. The number of carbonyl (C=O) groups is 1. The highest BCUT2D eigenvalue weighted by atomic mass is 16.5. The fourth-order valence-electron chi connectivity index (χ4n) is 1.77. The van der Waals surface area contributed by atoms with Gasteiger partial charge in [0.15, 0.2) is 5.82 Å². The Morgan fingerprint density at radius 2 is 2.14 bits per heavy atom. The first-order valence-corrected chi connectivity index (χ1v) is 6.57. The minimum atomic E-state index is -0.509. The molecule has 106 valence electrons. The van der Waals surface area contributed by atoms with Gasteiger partial charge in [-0.1, -0.05) is 36.3 Å². The third-order valence-corrected chi connectivity index (χ3v) is 2.93. The van der Waals surface area contributed by atoms with Crippen LogP contribution in [0, 0.1) is 18.3 Å². The van der Waals surface area contributed by atoms with Gasteiger partial charge in [-0.25, -0.2) is 0 Å². The van der Waals surface area contributed by atoms with E-state index in [-0.39, 0.29) is 5.57 Å². The average Bonchev–Trinajstić information content (AvgIpc) is 2.90. The fraction of sp³-hybridized carbons (Fsp3) is 0.188. The number of nitrogens with zero attached hydrogens (tertiary/aromatic N) is 2. The van der Waals surface area contributed by atoms with Gasteiger partial charge in [0, 0.05) is 6.07 Å². The Labute approximate surface area is 122 Å². The number of amides is 1. The van der Waals surface area contributed by atoms with Gasteiger partial charge >= 0.3 is 0 Å². The lowest BCUT2D eigenvalue weighted by Gasteiger charge is -2.01. The van der Waals surface area contributed by atoms with E-state index in [1.54, 1.807) is 19.1 Å². The van der Waals surface area contributed by atoms with Crippen LogP contribution in [0.1, 0.15) is 23.8 Å². The van der Waals surface area contributed by atoms with Crippen molar-refractivity contribution in [1.82, 2.24) is 5.16 Å².